The summed E-state index contributed by atoms with van der Waals surface area (Å²) in [5.74, 6) is 0.802. The Bertz CT molecular complexity index is 295. The molecule has 0 aromatic heterocycles. The van der Waals surface area contributed by atoms with Crippen molar-refractivity contribution < 1.29 is 0 Å². The lowest BCUT2D eigenvalue weighted by atomic mass is 9.87. The summed E-state index contributed by atoms with van der Waals surface area (Å²) in [6.45, 7) is 7.84. The predicted octanol–water partition coefficient (Wildman–Crippen LogP) is 3.14. The SMILES string of the molecule is CC(C)(C)CC1CN=C(N)N1C1CCCCCC1. The zero-order valence-electron chi connectivity index (χ0n) is 12.3. The Balaban J connectivity index is 2.04. The van der Waals surface area contributed by atoms with Crippen LogP contribution in [0.5, 0.6) is 0 Å². The average molecular weight is 251 g/mol. The van der Waals surface area contributed by atoms with Crippen molar-refractivity contribution >= 4 is 5.96 Å². The monoisotopic (exact) mass is 251 g/mol. The highest BCUT2D eigenvalue weighted by Gasteiger charge is 2.34. The van der Waals surface area contributed by atoms with Crippen LogP contribution >= 0.6 is 0 Å². The zero-order valence-corrected chi connectivity index (χ0v) is 12.3. The summed E-state index contributed by atoms with van der Waals surface area (Å²) in [6, 6.07) is 1.18. The van der Waals surface area contributed by atoms with E-state index in [1.807, 2.05) is 0 Å². The molecule has 18 heavy (non-hydrogen) atoms. The Kier molecular flexibility index (Phi) is 4.18. The van der Waals surface area contributed by atoms with Gasteiger partial charge in [-0.05, 0) is 24.7 Å². The van der Waals surface area contributed by atoms with Crippen LogP contribution in [0.4, 0.5) is 0 Å². The van der Waals surface area contributed by atoms with Crippen LogP contribution in [0.1, 0.15) is 65.7 Å². The number of hydrogen-bond acceptors (Lipinski definition) is 3. The molecule has 1 unspecified atom stereocenters. The van der Waals surface area contributed by atoms with Crippen molar-refractivity contribution in [3.63, 3.8) is 0 Å². The molecule has 3 nitrogen and oxygen atoms in total. The first-order chi connectivity index (χ1) is 8.47. The molecule has 1 saturated carbocycles. The Morgan fingerprint density at radius 3 is 2.33 bits per heavy atom. The normalized spacial score (nSPS) is 27.2. The first-order valence-corrected chi connectivity index (χ1v) is 7.56. The number of hydrogen-bond donors (Lipinski definition) is 1. The Hall–Kier alpha value is -0.730. The minimum absolute atomic E-state index is 0.355. The number of rotatable bonds is 2. The Morgan fingerprint density at radius 2 is 1.78 bits per heavy atom. The van der Waals surface area contributed by atoms with Crippen molar-refractivity contribution in [3.8, 4) is 0 Å². The van der Waals surface area contributed by atoms with Gasteiger partial charge in [-0.2, -0.15) is 0 Å². The van der Waals surface area contributed by atoms with Crippen molar-refractivity contribution in [2.45, 2.75) is 77.8 Å². The Morgan fingerprint density at radius 1 is 1.17 bits per heavy atom. The molecule has 1 aliphatic carbocycles. The van der Waals surface area contributed by atoms with Gasteiger partial charge in [-0.25, -0.2) is 0 Å². The van der Waals surface area contributed by atoms with Crippen LogP contribution in [0.15, 0.2) is 4.99 Å². The van der Waals surface area contributed by atoms with Crippen LogP contribution in [0.2, 0.25) is 0 Å². The Labute approximate surface area is 112 Å². The third-order valence-electron chi connectivity index (χ3n) is 4.19. The first kappa shape index (κ1) is 13.7. The van der Waals surface area contributed by atoms with Gasteiger partial charge in [0.2, 0.25) is 0 Å². The summed E-state index contributed by atoms with van der Waals surface area (Å²) >= 11 is 0. The van der Waals surface area contributed by atoms with E-state index in [1.165, 1.54) is 44.9 Å². The molecule has 0 amide bonds. The van der Waals surface area contributed by atoms with Gasteiger partial charge < -0.3 is 10.6 Å². The second kappa shape index (κ2) is 5.50. The first-order valence-electron chi connectivity index (χ1n) is 7.56. The van der Waals surface area contributed by atoms with Crippen LogP contribution in [0.3, 0.4) is 0 Å². The van der Waals surface area contributed by atoms with E-state index in [1.54, 1.807) is 0 Å². The molecule has 0 bridgehead atoms. The van der Waals surface area contributed by atoms with E-state index in [2.05, 4.69) is 30.7 Å². The summed E-state index contributed by atoms with van der Waals surface area (Å²) in [5, 5.41) is 0. The van der Waals surface area contributed by atoms with Gasteiger partial charge in [0.15, 0.2) is 5.96 Å². The fourth-order valence-corrected chi connectivity index (χ4v) is 3.45. The second-order valence-electron chi connectivity index (χ2n) is 7.17. The van der Waals surface area contributed by atoms with Crippen molar-refractivity contribution in [1.29, 1.82) is 0 Å². The maximum atomic E-state index is 6.15. The quantitative estimate of drug-likeness (QED) is 0.766. The van der Waals surface area contributed by atoms with E-state index in [0.717, 1.165) is 12.5 Å². The van der Waals surface area contributed by atoms with Gasteiger partial charge in [0.25, 0.3) is 0 Å². The van der Waals surface area contributed by atoms with Gasteiger partial charge in [0.05, 0.1) is 12.6 Å². The van der Waals surface area contributed by atoms with Crippen LogP contribution in [-0.2, 0) is 0 Å². The topological polar surface area (TPSA) is 41.6 Å². The van der Waals surface area contributed by atoms with E-state index < -0.39 is 0 Å². The average Bonchev–Trinajstić information content (AvgIpc) is 2.52. The zero-order chi connectivity index (χ0) is 13.2. The van der Waals surface area contributed by atoms with E-state index in [-0.39, 0.29) is 0 Å². The third kappa shape index (κ3) is 3.39. The molecular weight excluding hydrogens is 222 g/mol. The highest BCUT2D eigenvalue weighted by atomic mass is 15.3. The molecule has 1 fully saturated rings. The van der Waals surface area contributed by atoms with Gasteiger partial charge in [0.1, 0.15) is 0 Å². The number of nitrogens with zero attached hydrogens (tertiary/aromatic N) is 2. The minimum Gasteiger partial charge on any atom is -0.370 e. The van der Waals surface area contributed by atoms with Gasteiger partial charge in [-0.15, -0.1) is 0 Å². The van der Waals surface area contributed by atoms with E-state index in [9.17, 15) is 0 Å². The largest absolute Gasteiger partial charge is 0.370 e. The van der Waals surface area contributed by atoms with Crippen LogP contribution < -0.4 is 5.73 Å². The highest BCUT2D eigenvalue weighted by molar-refractivity contribution is 5.80. The molecule has 2 N–H and O–H groups in total. The molecule has 1 heterocycles. The van der Waals surface area contributed by atoms with Gasteiger partial charge in [0, 0.05) is 6.04 Å². The van der Waals surface area contributed by atoms with Gasteiger partial charge in [-0.3, -0.25) is 4.99 Å². The summed E-state index contributed by atoms with van der Waals surface area (Å²) in [4.78, 5) is 6.96. The molecule has 0 radical (unpaired) electrons. The van der Waals surface area contributed by atoms with Crippen LogP contribution in [-0.4, -0.2) is 29.5 Å². The lowest BCUT2D eigenvalue weighted by Gasteiger charge is -2.37. The molecule has 0 saturated heterocycles. The molecule has 3 heteroatoms. The summed E-state index contributed by atoms with van der Waals surface area (Å²) in [5.41, 5.74) is 6.50. The smallest absolute Gasteiger partial charge is 0.191 e. The number of guanidine groups is 1. The molecule has 104 valence electrons. The van der Waals surface area contributed by atoms with Gasteiger partial charge >= 0.3 is 0 Å². The van der Waals surface area contributed by atoms with E-state index in [0.29, 0.717) is 17.5 Å². The molecule has 0 aromatic carbocycles. The lowest BCUT2D eigenvalue weighted by Crippen LogP contribution is -2.48. The molecule has 1 atom stereocenters. The lowest BCUT2D eigenvalue weighted by molar-refractivity contribution is 0.185. The molecule has 2 rings (SSSR count). The molecule has 0 spiro atoms. The van der Waals surface area contributed by atoms with Crippen LogP contribution in [0, 0.1) is 5.41 Å². The fraction of sp³-hybridized carbons (Fsp3) is 0.933. The van der Waals surface area contributed by atoms with E-state index in [4.69, 9.17) is 5.73 Å². The third-order valence-corrected chi connectivity index (χ3v) is 4.19. The predicted molar refractivity (Wildman–Crippen MR) is 77.7 cm³/mol. The summed E-state index contributed by atoms with van der Waals surface area (Å²) in [6.07, 6.45) is 9.30. The number of aliphatic imine (C=N–C) groups is 1. The molecule has 1 aliphatic heterocycles. The summed E-state index contributed by atoms with van der Waals surface area (Å²) in [7, 11) is 0. The van der Waals surface area contributed by atoms with Crippen molar-refractivity contribution in [2.24, 2.45) is 16.1 Å². The standard InChI is InChI=1S/C15H29N3/c1-15(2,3)10-13-11-17-14(16)18(13)12-8-6-4-5-7-9-12/h12-13H,4-11H2,1-3H3,(H2,16,17). The summed E-state index contributed by atoms with van der Waals surface area (Å²) < 4.78 is 0. The second-order valence-corrected chi connectivity index (χ2v) is 7.17. The van der Waals surface area contributed by atoms with Crippen molar-refractivity contribution in [3.05, 3.63) is 0 Å². The molecular formula is C15H29N3. The number of nitrogens with two attached hydrogens (primary N) is 1. The van der Waals surface area contributed by atoms with Crippen LogP contribution in [0.25, 0.3) is 0 Å². The minimum atomic E-state index is 0.355. The maximum Gasteiger partial charge on any atom is 0.191 e. The van der Waals surface area contributed by atoms with Crippen molar-refractivity contribution in [2.75, 3.05) is 6.54 Å². The molecule has 2 aliphatic rings. The maximum absolute atomic E-state index is 6.15. The van der Waals surface area contributed by atoms with Crippen molar-refractivity contribution in [1.82, 2.24) is 4.90 Å². The highest BCUT2D eigenvalue weighted by Crippen LogP contribution is 2.31. The molecule has 0 aromatic rings. The fourth-order valence-electron chi connectivity index (χ4n) is 3.45. The van der Waals surface area contributed by atoms with E-state index >= 15 is 0 Å². The van der Waals surface area contributed by atoms with Gasteiger partial charge in [-0.1, -0.05) is 46.5 Å².